The van der Waals surface area contributed by atoms with Gasteiger partial charge in [-0.2, -0.15) is 13.2 Å². The number of hydrogen-bond donors (Lipinski definition) is 2. The number of alkyl halides is 3. The van der Waals surface area contributed by atoms with Gasteiger partial charge in [-0.25, -0.2) is 14.8 Å². The van der Waals surface area contributed by atoms with Gasteiger partial charge >= 0.3 is 12.1 Å². The van der Waals surface area contributed by atoms with Crippen molar-refractivity contribution < 1.29 is 27.9 Å². The number of carbonyl (C=O) groups excluding carboxylic acids is 1. The number of imidazole rings is 1. The van der Waals surface area contributed by atoms with E-state index in [1.807, 2.05) is 0 Å². The minimum absolute atomic E-state index is 0.0585. The zero-order chi connectivity index (χ0) is 24.1. The molecule has 0 spiro atoms. The summed E-state index contributed by atoms with van der Waals surface area (Å²) in [5.41, 5.74) is 0.515. The molecule has 2 aromatic rings. The highest BCUT2D eigenvalue weighted by molar-refractivity contribution is 5.90. The molecule has 176 valence electrons. The molecule has 10 nitrogen and oxygen atoms in total. The molecule has 1 aliphatic rings. The van der Waals surface area contributed by atoms with Gasteiger partial charge in [-0.05, 0) is 20.3 Å². The van der Waals surface area contributed by atoms with Gasteiger partial charge in [0.25, 0.3) is 11.5 Å². The Hall–Kier alpha value is -3.22. The summed E-state index contributed by atoms with van der Waals surface area (Å²) in [6, 6.07) is 1.91. The Kier molecular flexibility index (Phi) is 8.14. The molecule has 13 heteroatoms. The molecule has 0 radical (unpaired) electrons. The summed E-state index contributed by atoms with van der Waals surface area (Å²) < 4.78 is 35.1. The van der Waals surface area contributed by atoms with E-state index in [9.17, 15) is 22.8 Å². The van der Waals surface area contributed by atoms with Crippen molar-refractivity contribution in [1.29, 1.82) is 0 Å². The number of halogens is 3. The second-order valence-corrected chi connectivity index (χ2v) is 7.42. The average Bonchev–Trinajstić information content (AvgIpc) is 3.00. The molecular formula is C19H25F3N6O4. The Balaban J connectivity index is 0.000000451. The monoisotopic (exact) mass is 458 g/mol. The van der Waals surface area contributed by atoms with Gasteiger partial charge in [0.15, 0.2) is 5.82 Å². The number of nitrogens with zero attached hydrogens (tertiary/aromatic N) is 5. The Morgan fingerprint density at radius 2 is 1.94 bits per heavy atom. The van der Waals surface area contributed by atoms with Gasteiger partial charge in [-0.1, -0.05) is 0 Å². The lowest BCUT2D eigenvalue weighted by Gasteiger charge is -2.23. The van der Waals surface area contributed by atoms with Crippen molar-refractivity contribution in [2.75, 3.05) is 6.54 Å². The fourth-order valence-corrected chi connectivity index (χ4v) is 3.02. The van der Waals surface area contributed by atoms with Crippen LogP contribution in [0.25, 0.3) is 0 Å². The first-order valence-electron chi connectivity index (χ1n) is 9.79. The molecular weight excluding hydrogens is 433 g/mol. The lowest BCUT2D eigenvalue weighted by Crippen LogP contribution is -2.33. The first kappa shape index (κ1) is 25.0. The standard InChI is InChI=1S/C17H24N6O2.C2HF3O2/c1-12(2)22-6-4-7-23-14(11-22)20-13(9-15(23)24)10-19-17(25)16-18-5-8-21(16)3;3-2(4,5)1(6)7/h5,8-9,12H,4,6-7,10-11H2,1-3H3,(H,19,25);(H,6,7). The molecule has 0 unspecified atom stereocenters. The van der Waals surface area contributed by atoms with E-state index >= 15 is 0 Å². The number of carboxylic acid groups (broad SMARTS) is 1. The number of rotatable bonds is 4. The van der Waals surface area contributed by atoms with Crippen LogP contribution in [0.4, 0.5) is 13.2 Å². The van der Waals surface area contributed by atoms with Crippen molar-refractivity contribution in [2.24, 2.45) is 7.05 Å². The third-order valence-corrected chi connectivity index (χ3v) is 4.74. The molecule has 1 aliphatic heterocycles. The summed E-state index contributed by atoms with van der Waals surface area (Å²) in [7, 11) is 1.76. The molecule has 3 heterocycles. The highest BCUT2D eigenvalue weighted by Crippen LogP contribution is 2.13. The van der Waals surface area contributed by atoms with Crippen LogP contribution in [-0.4, -0.2) is 59.7 Å². The lowest BCUT2D eigenvalue weighted by atomic mass is 10.3. The van der Waals surface area contributed by atoms with Crippen LogP contribution in [0.5, 0.6) is 0 Å². The zero-order valence-corrected chi connectivity index (χ0v) is 17.9. The molecule has 2 N–H and O–H groups in total. The molecule has 0 aliphatic carbocycles. The first-order valence-corrected chi connectivity index (χ1v) is 9.79. The van der Waals surface area contributed by atoms with Crippen LogP contribution in [-0.2, 0) is 31.5 Å². The van der Waals surface area contributed by atoms with Crippen LogP contribution in [0, 0.1) is 0 Å². The van der Waals surface area contributed by atoms with Gasteiger partial charge in [-0.15, -0.1) is 0 Å². The van der Waals surface area contributed by atoms with Crippen LogP contribution in [0.15, 0.2) is 23.3 Å². The first-order chi connectivity index (χ1) is 14.9. The minimum Gasteiger partial charge on any atom is -0.475 e. The number of aryl methyl sites for hydroxylation is 1. The topological polar surface area (TPSA) is 122 Å². The second-order valence-electron chi connectivity index (χ2n) is 7.42. The molecule has 0 fully saturated rings. The summed E-state index contributed by atoms with van der Waals surface area (Å²) in [4.78, 5) is 44.4. The maximum absolute atomic E-state index is 12.4. The predicted molar refractivity (Wildman–Crippen MR) is 107 cm³/mol. The fraction of sp³-hybridized carbons (Fsp3) is 0.526. The van der Waals surface area contributed by atoms with Crippen LogP contribution >= 0.6 is 0 Å². The van der Waals surface area contributed by atoms with Gasteiger partial charge in [0, 0.05) is 44.6 Å². The molecule has 0 atom stereocenters. The van der Waals surface area contributed by atoms with Crippen LogP contribution in [0.1, 0.15) is 42.4 Å². The SMILES string of the molecule is CC(C)N1CCCn2c(nc(CNC(=O)c3nccn3C)cc2=O)C1.O=C(O)C(F)(F)F. The van der Waals surface area contributed by atoms with E-state index < -0.39 is 12.1 Å². The molecule has 1 amide bonds. The molecule has 0 saturated heterocycles. The van der Waals surface area contributed by atoms with Gasteiger partial charge in [0.05, 0.1) is 18.8 Å². The van der Waals surface area contributed by atoms with E-state index in [4.69, 9.17) is 9.90 Å². The number of carbonyl (C=O) groups is 2. The van der Waals surface area contributed by atoms with E-state index in [1.54, 1.807) is 28.6 Å². The van der Waals surface area contributed by atoms with E-state index in [-0.39, 0.29) is 18.0 Å². The number of nitrogens with one attached hydrogen (secondary N) is 1. The highest BCUT2D eigenvalue weighted by Gasteiger charge is 2.38. The van der Waals surface area contributed by atoms with Crippen molar-refractivity contribution >= 4 is 11.9 Å². The van der Waals surface area contributed by atoms with Gasteiger partial charge < -0.3 is 15.0 Å². The molecule has 0 bridgehead atoms. The number of carboxylic acids is 1. The van der Waals surface area contributed by atoms with Gasteiger partial charge in [0.1, 0.15) is 5.82 Å². The smallest absolute Gasteiger partial charge is 0.475 e. The Morgan fingerprint density at radius 1 is 1.28 bits per heavy atom. The van der Waals surface area contributed by atoms with Crippen molar-refractivity contribution in [3.05, 3.63) is 46.2 Å². The number of aliphatic carboxylic acids is 1. The largest absolute Gasteiger partial charge is 0.490 e. The molecule has 0 aromatic carbocycles. The second kappa shape index (κ2) is 10.4. The van der Waals surface area contributed by atoms with Crippen molar-refractivity contribution in [1.82, 2.24) is 29.3 Å². The van der Waals surface area contributed by atoms with Crippen molar-refractivity contribution in [3.63, 3.8) is 0 Å². The van der Waals surface area contributed by atoms with E-state index in [0.29, 0.717) is 30.6 Å². The maximum Gasteiger partial charge on any atom is 0.490 e. The predicted octanol–water partition coefficient (Wildman–Crippen LogP) is 1.15. The van der Waals surface area contributed by atoms with Crippen LogP contribution in [0.2, 0.25) is 0 Å². The van der Waals surface area contributed by atoms with Gasteiger partial charge in [-0.3, -0.25) is 19.1 Å². The third kappa shape index (κ3) is 6.64. The summed E-state index contributed by atoms with van der Waals surface area (Å²) in [5, 5.41) is 9.90. The zero-order valence-electron chi connectivity index (χ0n) is 17.9. The number of amides is 1. The van der Waals surface area contributed by atoms with Gasteiger partial charge in [0.2, 0.25) is 0 Å². The van der Waals surface area contributed by atoms with Crippen molar-refractivity contribution in [3.8, 4) is 0 Å². The van der Waals surface area contributed by atoms with E-state index in [2.05, 4.69) is 34.0 Å². The van der Waals surface area contributed by atoms with Crippen molar-refractivity contribution in [2.45, 2.75) is 52.1 Å². The summed E-state index contributed by atoms with van der Waals surface area (Å²) in [5.74, 6) is -1.95. The summed E-state index contributed by atoms with van der Waals surface area (Å²) >= 11 is 0. The summed E-state index contributed by atoms with van der Waals surface area (Å²) in [6.45, 7) is 6.77. The fourth-order valence-electron chi connectivity index (χ4n) is 3.02. The average molecular weight is 458 g/mol. The lowest BCUT2D eigenvalue weighted by molar-refractivity contribution is -0.192. The summed E-state index contributed by atoms with van der Waals surface area (Å²) in [6.07, 6.45) is -0.868. The Bertz CT molecular complexity index is 1020. The Labute approximate surface area is 181 Å². The third-order valence-electron chi connectivity index (χ3n) is 4.74. The number of fused-ring (bicyclic) bond motifs is 1. The number of hydrogen-bond acceptors (Lipinski definition) is 6. The maximum atomic E-state index is 12.4. The highest BCUT2D eigenvalue weighted by atomic mass is 19.4. The molecule has 0 saturated carbocycles. The normalized spacial score (nSPS) is 14.2. The Morgan fingerprint density at radius 3 is 2.47 bits per heavy atom. The molecule has 3 rings (SSSR count). The molecule has 32 heavy (non-hydrogen) atoms. The number of aromatic nitrogens is 4. The van der Waals surface area contributed by atoms with E-state index in [1.165, 1.54) is 6.07 Å². The van der Waals surface area contributed by atoms with Crippen LogP contribution in [0.3, 0.4) is 0 Å². The molecule has 2 aromatic heterocycles. The van der Waals surface area contributed by atoms with E-state index in [0.717, 1.165) is 18.8 Å². The minimum atomic E-state index is -5.08. The quantitative estimate of drug-likeness (QED) is 0.705. The van der Waals surface area contributed by atoms with Crippen LogP contribution < -0.4 is 10.9 Å².